The van der Waals surface area contributed by atoms with Crippen molar-refractivity contribution in [2.45, 2.75) is 6.42 Å². The molecule has 0 saturated carbocycles. The van der Waals surface area contributed by atoms with E-state index in [2.05, 4.69) is 0 Å². The number of nitro benzene ring substituents is 1. The molecule has 0 aliphatic heterocycles. The first-order valence-corrected chi connectivity index (χ1v) is 4.25. The van der Waals surface area contributed by atoms with E-state index < -0.39 is 4.92 Å². The van der Waals surface area contributed by atoms with E-state index in [4.69, 9.17) is 16.7 Å². The number of halogens is 1. The van der Waals surface area contributed by atoms with Crippen LogP contribution in [0.5, 0.6) is 0 Å². The first-order valence-electron chi connectivity index (χ1n) is 3.87. The summed E-state index contributed by atoms with van der Waals surface area (Å²) >= 11 is 5.21. The molecule has 5 heteroatoms. The molecule has 1 aromatic carbocycles. The zero-order valence-corrected chi connectivity index (χ0v) is 7.94. The van der Waals surface area contributed by atoms with Crippen LogP contribution in [0, 0.1) is 10.1 Å². The number of allylic oxidation sites excluding steroid dienone is 1. The van der Waals surface area contributed by atoms with Crippen LogP contribution >= 0.6 is 11.6 Å². The van der Waals surface area contributed by atoms with Gasteiger partial charge in [-0.05, 0) is 29.7 Å². The van der Waals surface area contributed by atoms with Gasteiger partial charge in [0, 0.05) is 12.1 Å². The van der Waals surface area contributed by atoms with Crippen LogP contribution in [0.4, 0.5) is 5.69 Å². The quantitative estimate of drug-likeness (QED) is 0.477. The fraction of sp³-hybridized carbons (Fsp3) is 0.111. The van der Waals surface area contributed by atoms with Gasteiger partial charge in [0.2, 0.25) is 0 Å². The molecule has 74 valence electrons. The van der Waals surface area contributed by atoms with Crippen LogP contribution in [0.3, 0.4) is 0 Å². The third-order valence-corrected chi connectivity index (χ3v) is 1.78. The minimum Gasteiger partial charge on any atom is -0.499 e. The second kappa shape index (κ2) is 4.62. The van der Waals surface area contributed by atoms with Crippen LogP contribution < -0.4 is 0 Å². The first-order chi connectivity index (χ1) is 6.59. The molecular weight excluding hydrogens is 206 g/mol. The minimum absolute atomic E-state index is 0.0324. The lowest BCUT2D eigenvalue weighted by Gasteiger charge is -1.96. The monoisotopic (exact) mass is 213 g/mol. The zero-order chi connectivity index (χ0) is 10.6. The van der Waals surface area contributed by atoms with Gasteiger partial charge in [0.05, 0.1) is 4.92 Å². The highest BCUT2D eigenvalue weighted by molar-refractivity contribution is 6.27. The summed E-state index contributed by atoms with van der Waals surface area (Å²) < 4.78 is 0. The van der Waals surface area contributed by atoms with E-state index in [1.165, 1.54) is 18.2 Å². The fourth-order valence-corrected chi connectivity index (χ4v) is 1.08. The van der Waals surface area contributed by atoms with E-state index in [0.717, 1.165) is 5.56 Å². The average Bonchev–Trinajstić information content (AvgIpc) is 2.15. The van der Waals surface area contributed by atoms with Crippen molar-refractivity contribution >= 4 is 17.3 Å². The third kappa shape index (κ3) is 3.06. The molecule has 0 radical (unpaired) electrons. The Labute approximate surface area is 85.6 Å². The first kappa shape index (κ1) is 10.5. The largest absolute Gasteiger partial charge is 0.499 e. The summed E-state index contributed by atoms with van der Waals surface area (Å²) in [5, 5.41) is 18.8. The van der Waals surface area contributed by atoms with Gasteiger partial charge in [-0.15, -0.1) is 0 Å². The number of nitrogens with zero attached hydrogens (tertiary/aromatic N) is 1. The molecule has 0 saturated heterocycles. The van der Waals surface area contributed by atoms with E-state index in [1.807, 2.05) is 0 Å². The summed E-state index contributed by atoms with van der Waals surface area (Å²) in [4.78, 5) is 9.94. The molecule has 1 rings (SSSR count). The zero-order valence-electron chi connectivity index (χ0n) is 7.18. The molecule has 0 unspecified atom stereocenters. The molecule has 1 N–H and O–H groups in total. The van der Waals surface area contributed by atoms with Crippen LogP contribution in [-0.2, 0) is 6.42 Å². The molecule has 0 amide bonds. The van der Waals surface area contributed by atoms with E-state index in [1.54, 1.807) is 12.1 Å². The molecule has 0 bridgehead atoms. The van der Waals surface area contributed by atoms with Gasteiger partial charge < -0.3 is 5.11 Å². The SMILES string of the molecule is O=[N+]([O-])c1cccc(CC=C(O)Cl)c1. The molecule has 0 aliphatic rings. The van der Waals surface area contributed by atoms with Gasteiger partial charge in [0.1, 0.15) is 0 Å². The van der Waals surface area contributed by atoms with Crippen LogP contribution in [0.1, 0.15) is 5.56 Å². The van der Waals surface area contributed by atoms with Crippen molar-refractivity contribution in [3.8, 4) is 0 Å². The summed E-state index contributed by atoms with van der Waals surface area (Å²) in [5.41, 5.74) is 0.761. The lowest BCUT2D eigenvalue weighted by atomic mass is 10.1. The van der Waals surface area contributed by atoms with Crippen LogP contribution in [0.2, 0.25) is 0 Å². The smallest absolute Gasteiger partial charge is 0.269 e. The molecule has 0 atom stereocenters. The Kier molecular flexibility index (Phi) is 3.48. The summed E-state index contributed by atoms with van der Waals surface area (Å²) in [5.74, 6) is 0. The number of non-ortho nitro benzene ring substituents is 1. The van der Waals surface area contributed by atoms with Gasteiger partial charge in [-0.3, -0.25) is 10.1 Å². The maximum atomic E-state index is 10.4. The fourth-order valence-electron chi connectivity index (χ4n) is 0.999. The van der Waals surface area contributed by atoms with Gasteiger partial charge >= 0.3 is 0 Å². The van der Waals surface area contributed by atoms with Crippen molar-refractivity contribution in [3.63, 3.8) is 0 Å². The molecule has 0 aliphatic carbocycles. The van der Waals surface area contributed by atoms with Gasteiger partial charge in [-0.2, -0.15) is 0 Å². The topological polar surface area (TPSA) is 63.4 Å². The Morgan fingerprint density at radius 2 is 2.36 bits per heavy atom. The lowest BCUT2D eigenvalue weighted by molar-refractivity contribution is -0.384. The Bertz CT molecular complexity index is 372. The van der Waals surface area contributed by atoms with Crippen molar-refractivity contribution in [2.24, 2.45) is 0 Å². The highest BCUT2D eigenvalue weighted by atomic mass is 35.5. The third-order valence-electron chi connectivity index (χ3n) is 1.63. The summed E-state index contributed by atoms with van der Waals surface area (Å²) in [7, 11) is 0. The summed E-state index contributed by atoms with van der Waals surface area (Å²) in [6, 6.07) is 6.17. The average molecular weight is 214 g/mol. The predicted octanol–water partition coefficient (Wildman–Crippen LogP) is 2.78. The van der Waals surface area contributed by atoms with Gasteiger partial charge in [-0.25, -0.2) is 0 Å². The summed E-state index contributed by atoms with van der Waals surface area (Å²) in [6.07, 6.45) is 1.75. The van der Waals surface area contributed by atoms with Gasteiger partial charge in [0.15, 0.2) is 5.22 Å². The van der Waals surface area contributed by atoms with E-state index in [0.29, 0.717) is 6.42 Å². The van der Waals surface area contributed by atoms with E-state index >= 15 is 0 Å². The highest BCUT2D eigenvalue weighted by Crippen LogP contribution is 2.14. The Morgan fingerprint density at radius 1 is 1.64 bits per heavy atom. The van der Waals surface area contributed by atoms with Crippen LogP contribution in [-0.4, -0.2) is 10.0 Å². The molecular formula is C9H8ClNO3. The standard InChI is InChI=1S/C9H8ClNO3/c10-9(12)5-4-7-2-1-3-8(6-7)11(13)14/h1-3,5-6,12H,4H2. The minimum atomic E-state index is -0.465. The second-order valence-corrected chi connectivity index (χ2v) is 3.05. The number of aliphatic hydroxyl groups excluding tert-OH is 1. The number of nitro groups is 1. The van der Waals surface area contributed by atoms with E-state index in [-0.39, 0.29) is 10.9 Å². The van der Waals surface area contributed by atoms with Crippen LogP contribution in [0.15, 0.2) is 35.6 Å². The molecule has 4 nitrogen and oxygen atoms in total. The molecule has 0 heterocycles. The number of hydrogen-bond acceptors (Lipinski definition) is 3. The molecule has 0 spiro atoms. The van der Waals surface area contributed by atoms with Crippen molar-refractivity contribution in [2.75, 3.05) is 0 Å². The second-order valence-electron chi connectivity index (χ2n) is 2.66. The van der Waals surface area contributed by atoms with Crippen molar-refractivity contribution in [1.29, 1.82) is 0 Å². The number of hydrogen-bond donors (Lipinski definition) is 1. The molecule has 14 heavy (non-hydrogen) atoms. The maximum Gasteiger partial charge on any atom is 0.269 e. The van der Waals surface area contributed by atoms with Crippen molar-refractivity contribution in [3.05, 3.63) is 51.2 Å². The number of rotatable bonds is 3. The molecule has 1 aromatic rings. The lowest BCUT2D eigenvalue weighted by Crippen LogP contribution is -1.89. The Balaban J connectivity index is 2.84. The molecule has 0 fully saturated rings. The van der Waals surface area contributed by atoms with Gasteiger partial charge in [-0.1, -0.05) is 12.1 Å². The van der Waals surface area contributed by atoms with Crippen molar-refractivity contribution < 1.29 is 10.0 Å². The normalized spacial score (nSPS) is 11.4. The number of benzene rings is 1. The van der Waals surface area contributed by atoms with Gasteiger partial charge in [0.25, 0.3) is 5.69 Å². The number of aliphatic hydroxyl groups is 1. The maximum absolute atomic E-state index is 10.4. The van der Waals surface area contributed by atoms with Crippen molar-refractivity contribution in [1.82, 2.24) is 0 Å². The Hall–Kier alpha value is -1.55. The Morgan fingerprint density at radius 3 is 2.93 bits per heavy atom. The summed E-state index contributed by atoms with van der Waals surface area (Å²) in [6.45, 7) is 0. The van der Waals surface area contributed by atoms with Crippen LogP contribution in [0.25, 0.3) is 0 Å². The highest BCUT2D eigenvalue weighted by Gasteiger charge is 2.04. The van der Waals surface area contributed by atoms with E-state index in [9.17, 15) is 10.1 Å². The molecule has 0 aromatic heterocycles. The predicted molar refractivity (Wildman–Crippen MR) is 53.4 cm³/mol.